The van der Waals surface area contributed by atoms with Gasteiger partial charge in [0.05, 0.1) is 24.4 Å². The van der Waals surface area contributed by atoms with Crippen molar-refractivity contribution >= 4 is 85.1 Å². The van der Waals surface area contributed by atoms with Gasteiger partial charge in [0.2, 0.25) is 16.9 Å². The lowest BCUT2D eigenvalue weighted by Gasteiger charge is -2.30. The van der Waals surface area contributed by atoms with Crippen LogP contribution in [0.15, 0.2) is 12.7 Å². The molecule has 366 valence electrons. The molecule has 64 heavy (non-hydrogen) atoms. The number of phosphoric ester groups is 3. The Bertz CT molecular complexity index is 1970. The number of aromatic nitrogens is 4. The number of halogens is 1. The third-order valence-corrected chi connectivity index (χ3v) is 15.1. The second-order valence-electron chi connectivity index (χ2n) is 15.7. The average molecular weight is 1060 g/mol. The molecule has 0 aliphatic carbocycles. The maximum Gasteiger partial charge on any atom is 0.481 e. The monoisotopic (exact) mass is 1060 g/mol. The van der Waals surface area contributed by atoms with Gasteiger partial charge >= 0.3 is 23.5 Å². The summed E-state index contributed by atoms with van der Waals surface area (Å²) in [5, 5.41) is 26.6. The molecule has 0 radical (unpaired) electrons. The molecule has 0 saturated carbocycles. The number of thioether (sulfide) groups is 1. The maximum atomic E-state index is 12.7. The van der Waals surface area contributed by atoms with Gasteiger partial charge in [-0.1, -0.05) is 113 Å². The van der Waals surface area contributed by atoms with Crippen molar-refractivity contribution in [3.05, 3.63) is 12.7 Å². The summed E-state index contributed by atoms with van der Waals surface area (Å²) in [7, 11) is -16.4. The Morgan fingerprint density at radius 2 is 1.58 bits per heavy atom. The molecule has 2 aromatic rings. The number of fused-ring (bicyclic) bond motifs is 1. The standard InChI is InChI=1S/C35H61BrN7O17P3S/c1-4-5-6-7-8-9-10-11-12-13-14-23(36)34(48)64-18-17-38-25(44)15-16-39-32(47)29(46)35(2,3)20-57-63(54,55)60-62(52,53)56-19-24-28(59-61(49,50)51)27(45)33(58-24)43-22-42-26-30(37)40-21-41-31(26)43/h21-24,27-29,33,45-46H,4-20H2,1-3H3,(H,38,44)(H,39,47)(H,52,53)(H,54,55)(H2,37,40,41)(H2,49,50,51)/t23?,24-,27-,28-,29+,33-/m1/s1. The number of carbonyl (C=O) groups excluding carboxylic acids is 3. The van der Waals surface area contributed by atoms with Gasteiger partial charge in [-0.2, -0.15) is 4.31 Å². The molecule has 3 rings (SSSR count). The molecule has 10 N–H and O–H groups in total. The third-order valence-electron chi connectivity index (χ3n) is 9.81. The molecule has 2 amide bonds. The van der Waals surface area contributed by atoms with Crippen molar-refractivity contribution < 1.29 is 80.5 Å². The first-order valence-electron chi connectivity index (χ1n) is 20.7. The average Bonchev–Trinajstić information content (AvgIpc) is 3.78. The highest BCUT2D eigenvalue weighted by Gasteiger charge is 2.50. The number of aliphatic hydroxyl groups is 2. The van der Waals surface area contributed by atoms with Crippen LogP contribution in [0.5, 0.6) is 0 Å². The van der Waals surface area contributed by atoms with E-state index in [2.05, 4.69) is 57.3 Å². The van der Waals surface area contributed by atoms with Crippen LogP contribution in [0.3, 0.4) is 0 Å². The fraction of sp³-hybridized carbons (Fsp3) is 0.771. The highest BCUT2D eigenvalue weighted by atomic mass is 79.9. The van der Waals surface area contributed by atoms with Gasteiger partial charge < -0.3 is 50.9 Å². The van der Waals surface area contributed by atoms with Gasteiger partial charge in [0, 0.05) is 30.7 Å². The minimum Gasteiger partial charge on any atom is -0.386 e. The fourth-order valence-electron chi connectivity index (χ4n) is 6.30. The zero-order valence-corrected chi connectivity index (χ0v) is 40.9. The lowest BCUT2D eigenvalue weighted by Crippen LogP contribution is -2.46. The second kappa shape index (κ2) is 26.5. The third kappa shape index (κ3) is 19.3. The quantitative estimate of drug-likeness (QED) is 0.0295. The molecular weight excluding hydrogens is 995 g/mol. The van der Waals surface area contributed by atoms with E-state index in [1.54, 1.807) is 0 Å². The second-order valence-corrected chi connectivity index (χ2v) is 22.1. The van der Waals surface area contributed by atoms with E-state index in [0.29, 0.717) is 5.75 Å². The molecule has 1 aliphatic heterocycles. The lowest BCUT2D eigenvalue weighted by atomic mass is 9.87. The molecule has 0 bridgehead atoms. The number of imidazole rings is 1. The number of rotatable bonds is 31. The van der Waals surface area contributed by atoms with Crippen LogP contribution in [-0.4, -0.2) is 128 Å². The number of hydrogen-bond acceptors (Lipinski definition) is 18. The molecule has 0 spiro atoms. The number of ether oxygens (including phenoxy) is 1. The molecule has 1 saturated heterocycles. The molecule has 1 fully saturated rings. The number of anilines is 1. The first kappa shape index (κ1) is 56.4. The van der Waals surface area contributed by atoms with E-state index in [1.165, 1.54) is 58.8 Å². The van der Waals surface area contributed by atoms with Crippen LogP contribution in [0.4, 0.5) is 5.82 Å². The lowest BCUT2D eigenvalue weighted by molar-refractivity contribution is -0.137. The summed E-state index contributed by atoms with van der Waals surface area (Å²) in [6.07, 6.45) is 5.93. The number of nitrogens with zero attached hydrogens (tertiary/aromatic N) is 4. The Hall–Kier alpha value is -1.96. The van der Waals surface area contributed by atoms with E-state index in [9.17, 15) is 57.9 Å². The number of nitrogens with one attached hydrogen (secondary N) is 2. The molecule has 3 unspecified atom stereocenters. The van der Waals surface area contributed by atoms with E-state index >= 15 is 0 Å². The van der Waals surface area contributed by atoms with Crippen LogP contribution in [0, 0.1) is 5.41 Å². The van der Waals surface area contributed by atoms with Gasteiger partial charge in [-0.3, -0.25) is 32.5 Å². The van der Waals surface area contributed by atoms with Crippen LogP contribution in [0.25, 0.3) is 11.2 Å². The summed E-state index contributed by atoms with van der Waals surface area (Å²) < 4.78 is 62.4. The van der Waals surface area contributed by atoms with E-state index in [-0.39, 0.29) is 46.4 Å². The topological polar surface area (TPSA) is 364 Å². The SMILES string of the molecule is CCCCCCCCCCCCC(Br)C(=O)SCCNC(=O)CCNC(=O)[C@H](O)C(C)(C)COP(=O)(O)OP(=O)(O)OC[C@H]1O[C@@H](n2cnc3c(N)ncnc32)[C@H](O)[C@@H]1OP(=O)(O)O. The van der Waals surface area contributed by atoms with Gasteiger partial charge in [0.15, 0.2) is 17.7 Å². The fourth-order valence-corrected chi connectivity index (χ4v) is 10.6. The highest BCUT2D eigenvalue weighted by molar-refractivity contribution is 9.10. The van der Waals surface area contributed by atoms with Crippen molar-refractivity contribution in [2.45, 2.75) is 133 Å². The Morgan fingerprint density at radius 3 is 2.22 bits per heavy atom. The molecule has 8 atom stereocenters. The van der Waals surface area contributed by atoms with Crippen LogP contribution in [0.1, 0.15) is 104 Å². The number of amides is 2. The summed E-state index contributed by atoms with van der Waals surface area (Å²) in [4.78, 5) is 88.3. The van der Waals surface area contributed by atoms with Gasteiger partial charge in [0.25, 0.3) is 0 Å². The van der Waals surface area contributed by atoms with Crippen molar-refractivity contribution in [3.8, 4) is 0 Å². The highest BCUT2D eigenvalue weighted by Crippen LogP contribution is 2.61. The largest absolute Gasteiger partial charge is 0.481 e. The predicted octanol–water partition coefficient (Wildman–Crippen LogP) is 3.74. The van der Waals surface area contributed by atoms with E-state index in [1.807, 2.05) is 0 Å². The first-order chi connectivity index (χ1) is 30.0. The van der Waals surface area contributed by atoms with E-state index in [0.717, 1.165) is 54.7 Å². The molecule has 2 aromatic heterocycles. The van der Waals surface area contributed by atoms with Gasteiger partial charge in [-0.25, -0.2) is 28.6 Å². The zero-order chi connectivity index (χ0) is 47.7. The Balaban J connectivity index is 1.36. The van der Waals surface area contributed by atoms with Crippen molar-refractivity contribution in [1.29, 1.82) is 0 Å². The van der Waals surface area contributed by atoms with Crippen molar-refractivity contribution in [3.63, 3.8) is 0 Å². The minimum absolute atomic E-state index is 0.0119. The molecular formula is C35H61BrN7O17P3S. The summed E-state index contributed by atoms with van der Waals surface area (Å²) in [5.41, 5.74) is 4.28. The van der Waals surface area contributed by atoms with Crippen molar-refractivity contribution in [2.75, 3.05) is 37.8 Å². The smallest absolute Gasteiger partial charge is 0.386 e. The van der Waals surface area contributed by atoms with Crippen molar-refractivity contribution in [1.82, 2.24) is 30.2 Å². The number of nitrogens with two attached hydrogens (primary N) is 1. The summed E-state index contributed by atoms with van der Waals surface area (Å²) in [6, 6.07) is 0. The molecule has 29 heteroatoms. The first-order valence-corrected chi connectivity index (χ1v) is 27.1. The van der Waals surface area contributed by atoms with Gasteiger partial charge in [-0.05, 0) is 6.42 Å². The zero-order valence-electron chi connectivity index (χ0n) is 35.8. The summed E-state index contributed by atoms with van der Waals surface area (Å²) >= 11 is 4.57. The molecule has 0 aromatic carbocycles. The van der Waals surface area contributed by atoms with Crippen molar-refractivity contribution in [2.24, 2.45) is 5.41 Å². The number of hydrogen-bond donors (Lipinski definition) is 9. The number of unbranched alkanes of at least 4 members (excludes halogenated alkanes) is 9. The summed E-state index contributed by atoms with van der Waals surface area (Å²) in [6.45, 7) is 2.73. The Labute approximate surface area is 383 Å². The van der Waals surface area contributed by atoms with E-state index < -0.39 is 84.6 Å². The Morgan fingerprint density at radius 1 is 0.953 bits per heavy atom. The number of carbonyl (C=O) groups is 3. The molecule has 24 nitrogen and oxygen atoms in total. The minimum atomic E-state index is -5.58. The van der Waals surface area contributed by atoms with Crippen LogP contribution < -0.4 is 16.4 Å². The normalized spacial score (nSPS) is 21.0. The van der Waals surface area contributed by atoms with Gasteiger partial charge in [-0.15, -0.1) is 0 Å². The predicted molar refractivity (Wildman–Crippen MR) is 236 cm³/mol. The number of phosphoric acid groups is 3. The molecule has 3 heterocycles. The number of alkyl halides is 1. The van der Waals surface area contributed by atoms with Crippen LogP contribution in [-0.2, 0) is 50.7 Å². The maximum absolute atomic E-state index is 12.7. The van der Waals surface area contributed by atoms with Crippen LogP contribution >= 0.6 is 51.2 Å². The Kier molecular flexibility index (Phi) is 23.4. The van der Waals surface area contributed by atoms with Gasteiger partial charge in [0.1, 0.15) is 36.3 Å². The van der Waals surface area contributed by atoms with Crippen LogP contribution in [0.2, 0.25) is 0 Å². The summed E-state index contributed by atoms with van der Waals surface area (Å²) in [5.74, 6) is -1.08. The number of aliphatic hydroxyl groups excluding tert-OH is 2. The number of nitrogen functional groups attached to an aromatic ring is 1. The van der Waals surface area contributed by atoms with E-state index in [4.69, 9.17) is 19.5 Å². The molecule has 1 aliphatic rings.